The third-order valence-corrected chi connectivity index (χ3v) is 3.97. The van der Waals surface area contributed by atoms with Gasteiger partial charge in [0.15, 0.2) is 6.29 Å². The first kappa shape index (κ1) is 18.7. The van der Waals surface area contributed by atoms with Gasteiger partial charge in [-0.05, 0) is 39.8 Å². The summed E-state index contributed by atoms with van der Waals surface area (Å²) in [6.45, 7) is 8.44. The van der Waals surface area contributed by atoms with Crippen LogP contribution in [-0.2, 0) is 20.8 Å². The summed E-state index contributed by atoms with van der Waals surface area (Å²) in [5, 5.41) is 4.15. The summed E-state index contributed by atoms with van der Waals surface area (Å²) in [6.07, 6.45) is 3.42. The van der Waals surface area contributed by atoms with E-state index in [4.69, 9.17) is 19.9 Å². The summed E-state index contributed by atoms with van der Waals surface area (Å²) in [5.74, 6) is -0.173. The van der Waals surface area contributed by atoms with E-state index in [-0.39, 0.29) is 11.4 Å². The summed E-state index contributed by atoms with van der Waals surface area (Å²) in [6, 6.07) is 0. The molecular formula is C16H28N4O4. The van der Waals surface area contributed by atoms with Crippen LogP contribution >= 0.6 is 0 Å². The molecular weight excluding hydrogens is 312 g/mol. The fraction of sp³-hybridized carbons (Fsp3) is 0.750. The first-order valence-corrected chi connectivity index (χ1v) is 8.59. The highest BCUT2D eigenvalue weighted by Crippen LogP contribution is 2.14. The summed E-state index contributed by atoms with van der Waals surface area (Å²) in [5.41, 5.74) is 6.30. The number of rotatable bonds is 10. The van der Waals surface area contributed by atoms with Gasteiger partial charge in [0.05, 0.1) is 12.7 Å². The molecule has 0 bridgehead atoms. The molecule has 0 radical (unpaired) electrons. The Balaban J connectivity index is 1.86. The highest BCUT2D eigenvalue weighted by atomic mass is 16.7. The molecule has 0 aromatic carbocycles. The standard InChI is InChI=1S/C16H28N4O4/c1-3-22-14(23-4-2)12-20-15(17)13(11-18-20)16(21)24-10-9-19-7-5-6-8-19/h11,14H,3-10,12,17H2,1-2H3. The predicted molar refractivity (Wildman–Crippen MR) is 89.6 cm³/mol. The Bertz CT molecular complexity index is 508. The van der Waals surface area contributed by atoms with Crippen molar-refractivity contribution in [2.24, 2.45) is 0 Å². The Morgan fingerprint density at radius 3 is 2.58 bits per heavy atom. The molecule has 0 amide bonds. The summed E-state index contributed by atoms with van der Waals surface area (Å²) in [7, 11) is 0. The number of carbonyl (C=O) groups excluding carboxylic acids is 1. The number of anilines is 1. The van der Waals surface area contributed by atoms with Crippen LogP contribution in [0.2, 0.25) is 0 Å². The van der Waals surface area contributed by atoms with Crippen molar-refractivity contribution in [3.8, 4) is 0 Å². The second kappa shape index (κ2) is 9.61. The summed E-state index contributed by atoms with van der Waals surface area (Å²) in [4.78, 5) is 14.4. The molecule has 0 aliphatic carbocycles. The predicted octanol–water partition coefficient (Wildman–Crippen LogP) is 1.12. The molecule has 2 N–H and O–H groups in total. The number of nitrogens with zero attached hydrogens (tertiary/aromatic N) is 3. The maximum absolute atomic E-state index is 12.2. The van der Waals surface area contributed by atoms with Crippen molar-refractivity contribution in [3.63, 3.8) is 0 Å². The average molecular weight is 340 g/mol. The SMILES string of the molecule is CCOC(Cn1ncc(C(=O)OCCN2CCCC2)c1N)OCC. The number of nitrogens with two attached hydrogens (primary N) is 1. The number of aromatic nitrogens is 2. The number of carbonyl (C=O) groups is 1. The number of nitrogen functional groups attached to an aromatic ring is 1. The van der Waals surface area contributed by atoms with Crippen molar-refractivity contribution < 1.29 is 19.0 Å². The van der Waals surface area contributed by atoms with Crippen LogP contribution < -0.4 is 5.73 Å². The van der Waals surface area contributed by atoms with E-state index in [1.807, 2.05) is 13.8 Å². The quantitative estimate of drug-likeness (QED) is 0.504. The fourth-order valence-corrected chi connectivity index (χ4v) is 2.72. The Kier molecular flexibility index (Phi) is 7.48. The van der Waals surface area contributed by atoms with Crippen molar-refractivity contribution in [1.82, 2.24) is 14.7 Å². The average Bonchev–Trinajstić information content (AvgIpc) is 3.19. The third kappa shape index (κ3) is 5.19. The van der Waals surface area contributed by atoms with Gasteiger partial charge in [0.25, 0.3) is 0 Å². The van der Waals surface area contributed by atoms with E-state index >= 15 is 0 Å². The molecule has 1 fully saturated rings. The van der Waals surface area contributed by atoms with Gasteiger partial charge in [-0.25, -0.2) is 9.48 Å². The lowest BCUT2D eigenvalue weighted by molar-refractivity contribution is -0.144. The highest BCUT2D eigenvalue weighted by molar-refractivity contribution is 5.93. The minimum atomic E-state index is -0.443. The van der Waals surface area contributed by atoms with Gasteiger partial charge in [0, 0.05) is 19.8 Å². The summed E-state index contributed by atoms with van der Waals surface area (Å²) < 4.78 is 17.8. The van der Waals surface area contributed by atoms with Crippen molar-refractivity contribution in [1.29, 1.82) is 0 Å². The Labute approximate surface area is 142 Å². The zero-order valence-corrected chi connectivity index (χ0v) is 14.6. The van der Waals surface area contributed by atoms with Gasteiger partial charge in [0.1, 0.15) is 18.0 Å². The number of ether oxygens (including phenoxy) is 3. The van der Waals surface area contributed by atoms with E-state index in [1.54, 1.807) is 0 Å². The van der Waals surface area contributed by atoms with Crippen LogP contribution in [0.3, 0.4) is 0 Å². The maximum atomic E-state index is 12.2. The smallest absolute Gasteiger partial charge is 0.343 e. The van der Waals surface area contributed by atoms with E-state index in [1.165, 1.54) is 23.7 Å². The van der Waals surface area contributed by atoms with E-state index in [2.05, 4.69) is 10.00 Å². The third-order valence-electron chi connectivity index (χ3n) is 3.97. The molecule has 136 valence electrons. The zero-order valence-electron chi connectivity index (χ0n) is 14.6. The molecule has 1 aromatic rings. The lowest BCUT2D eigenvalue weighted by Crippen LogP contribution is -2.26. The van der Waals surface area contributed by atoms with E-state index in [0.29, 0.717) is 26.4 Å². The second-order valence-electron chi connectivity index (χ2n) is 5.65. The number of esters is 1. The minimum Gasteiger partial charge on any atom is -0.461 e. The normalized spacial score (nSPS) is 15.3. The molecule has 0 spiro atoms. The highest BCUT2D eigenvalue weighted by Gasteiger charge is 2.20. The van der Waals surface area contributed by atoms with Crippen LogP contribution in [0.15, 0.2) is 6.20 Å². The lowest BCUT2D eigenvalue weighted by atomic mass is 10.3. The second-order valence-corrected chi connectivity index (χ2v) is 5.65. The van der Waals surface area contributed by atoms with Crippen LogP contribution in [0.25, 0.3) is 0 Å². The van der Waals surface area contributed by atoms with Gasteiger partial charge < -0.3 is 19.9 Å². The molecule has 8 nitrogen and oxygen atoms in total. The van der Waals surface area contributed by atoms with Crippen LogP contribution in [0.1, 0.15) is 37.0 Å². The van der Waals surface area contributed by atoms with Gasteiger partial charge in [-0.2, -0.15) is 5.10 Å². The topological polar surface area (TPSA) is 91.8 Å². The molecule has 0 atom stereocenters. The van der Waals surface area contributed by atoms with Crippen LogP contribution in [-0.4, -0.2) is 66.4 Å². The van der Waals surface area contributed by atoms with Crippen molar-refractivity contribution >= 4 is 11.8 Å². The van der Waals surface area contributed by atoms with Crippen LogP contribution in [0.4, 0.5) is 5.82 Å². The number of hydrogen-bond donors (Lipinski definition) is 1. The molecule has 8 heteroatoms. The molecule has 2 rings (SSSR count). The molecule has 1 saturated heterocycles. The Hall–Kier alpha value is -1.64. The first-order chi connectivity index (χ1) is 11.7. The van der Waals surface area contributed by atoms with Gasteiger partial charge in [-0.1, -0.05) is 0 Å². The molecule has 1 aromatic heterocycles. The minimum absolute atomic E-state index is 0.269. The first-order valence-electron chi connectivity index (χ1n) is 8.59. The van der Waals surface area contributed by atoms with E-state index < -0.39 is 12.3 Å². The van der Waals surface area contributed by atoms with Crippen molar-refractivity contribution in [2.45, 2.75) is 39.5 Å². The molecule has 1 aliphatic heterocycles. The van der Waals surface area contributed by atoms with Gasteiger partial charge in [0.2, 0.25) is 0 Å². The van der Waals surface area contributed by atoms with Crippen LogP contribution in [0.5, 0.6) is 0 Å². The van der Waals surface area contributed by atoms with E-state index in [9.17, 15) is 4.79 Å². The van der Waals surface area contributed by atoms with Crippen molar-refractivity contribution in [3.05, 3.63) is 11.8 Å². The number of hydrogen-bond acceptors (Lipinski definition) is 7. The monoisotopic (exact) mass is 340 g/mol. The van der Waals surface area contributed by atoms with Gasteiger partial charge >= 0.3 is 5.97 Å². The maximum Gasteiger partial charge on any atom is 0.343 e. The Morgan fingerprint density at radius 1 is 1.29 bits per heavy atom. The molecule has 0 saturated carbocycles. The number of likely N-dealkylation sites (tertiary alicyclic amines) is 1. The molecule has 0 unspecified atom stereocenters. The molecule has 2 heterocycles. The van der Waals surface area contributed by atoms with Crippen LogP contribution in [0, 0.1) is 0 Å². The lowest BCUT2D eigenvalue weighted by Gasteiger charge is -2.17. The fourth-order valence-electron chi connectivity index (χ4n) is 2.72. The molecule has 24 heavy (non-hydrogen) atoms. The largest absolute Gasteiger partial charge is 0.461 e. The zero-order chi connectivity index (χ0) is 17.4. The van der Waals surface area contributed by atoms with Crippen molar-refractivity contribution in [2.75, 3.05) is 45.2 Å². The van der Waals surface area contributed by atoms with E-state index in [0.717, 1.165) is 19.6 Å². The van der Waals surface area contributed by atoms with Gasteiger partial charge in [-0.15, -0.1) is 0 Å². The Morgan fingerprint density at radius 2 is 1.96 bits per heavy atom. The molecule has 1 aliphatic rings. The van der Waals surface area contributed by atoms with Gasteiger partial charge in [-0.3, -0.25) is 4.90 Å². The summed E-state index contributed by atoms with van der Waals surface area (Å²) >= 11 is 0.